The van der Waals surface area contributed by atoms with Crippen molar-refractivity contribution in [3.63, 3.8) is 0 Å². The average molecular weight is 344 g/mol. The van der Waals surface area contributed by atoms with Crippen molar-refractivity contribution in [2.75, 3.05) is 27.9 Å². The number of amides is 1. The first-order chi connectivity index (χ1) is 12.2. The van der Waals surface area contributed by atoms with Gasteiger partial charge in [-0.2, -0.15) is 5.10 Å². The summed E-state index contributed by atoms with van der Waals surface area (Å²) < 4.78 is 21.0. The van der Waals surface area contributed by atoms with Gasteiger partial charge in [-0.15, -0.1) is 0 Å². The van der Waals surface area contributed by atoms with Gasteiger partial charge in [0.1, 0.15) is 5.75 Å². The van der Waals surface area contributed by atoms with Crippen LogP contribution >= 0.6 is 0 Å². The fourth-order valence-corrected chi connectivity index (χ4v) is 2.00. The van der Waals surface area contributed by atoms with Crippen molar-refractivity contribution in [1.29, 1.82) is 0 Å². The molecule has 0 aromatic heterocycles. The van der Waals surface area contributed by atoms with Crippen molar-refractivity contribution < 1.29 is 23.7 Å². The Hall–Kier alpha value is -3.22. The normalized spacial score (nSPS) is 10.4. The lowest BCUT2D eigenvalue weighted by atomic mass is 10.2. The summed E-state index contributed by atoms with van der Waals surface area (Å²) in [4.78, 5) is 11.9. The zero-order valence-electron chi connectivity index (χ0n) is 14.3. The number of hydrogen-bond acceptors (Lipinski definition) is 6. The molecule has 7 nitrogen and oxygen atoms in total. The molecule has 0 bridgehead atoms. The molecule has 0 unspecified atom stereocenters. The number of methoxy groups -OCH3 is 3. The molecule has 0 aliphatic carbocycles. The van der Waals surface area contributed by atoms with E-state index in [1.54, 1.807) is 37.4 Å². The Morgan fingerprint density at radius 2 is 1.64 bits per heavy atom. The Bertz CT molecular complexity index is 706. The Balaban J connectivity index is 1.89. The second kappa shape index (κ2) is 9.17. The highest BCUT2D eigenvalue weighted by Crippen LogP contribution is 2.36. The van der Waals surface area contributed by atoms with E-state index in [-0.39, 0.29) is 6.61 Å². The van der Waals surface area contributed by atoms with E-state index in [2.05, 4.69) is 10.5 Å². The molecule has 0 radical (unpaired) electrons. The number of hydrogen-bond donors (Lipinski definition) is 1. The van der Waals surface area contributed by atoms with Gasteiger partial charge in [-0.25, -0.2) is 5.43 Å². The summed E-state index contributed by atoms with van der Waals surface area (Å²) in [5, 5.41) is 3.89. The summed E-state index contributed by atoms with van der Waals surface area (Å²) in [6, 6.07) is 12.5. The van der Waals surface area contributed by atoms with Crippen molar-refractivity contribution in [1.82, 2.24) is 5.43 Å². The first-order valence-corrected chi connectivity index (χ1v) is 7.47. The molecule has 132 valence electrons. The van der Waals surface area contributed by atoms with E-state index in [9.17, 15) is 4.79 Å². The predicted molar refractivity (Wildman–Crippen MR) is 93.8 cm³/mol. The summed E-state index contributed by atoms with van der Waals surface area (Å²) in [7, 11) is 4.63. The van der Waals surface area contributed by atoms with Crippen LogP contribution in [0.4, 0.5) is 0 Å². The molecule has 2 aromatic carbocycles. The van der Waals surface area contributed by atoms with E-state index in [1.165, 1.54) is 20.4 Å². The highest BCUT2D eigenvalue weighted by Gasteiger charge is 2.12. The maximum Gasteiger partial charge on any atom is 0.277 e. The summed E-state index contributed by atoms with van der Waals surface area (Å²) in [6.07, 6.45) is 1.53. The molecule has 0 fully saturated rings. The van der Waals surface area contributed by atoms with Gasteiger partial charge in [0.05, 0.1) is 27.5 Å². The maximum absolute atomic E-state index is 11.9. The van der Waals surface area contributed by atoms with Gasteiger partial charge in [0.25, 0.3) is 5.91 Å². The number of carbonyl (C=O) groups excluding carboxylic acids is 1. The number of hydrazone groups is 1. The van der Waals surface area contributed by atoms with Crippen LogP contribution in [0.2, 0.25) is 0 Å². The fraction of sp³-hybridized carbons (Fsp3) is 0.222. The fourth-order valence-electron chi connectivity index (χ4n) is 2.00. The first kappa shape index (κ1) is 18.1. The Kier molecular flexibility index (Phi) is 6.65. The standard InChI is InChI=1S/C18H20N2O5/c1-22-14-9-7-13(8-10-14)11-19-20-17(21)12-25-18-15(23-2)5-4-6-16(18)24-3/h4-11H,12H2,1-3H3,(H,20,21)/b19-11-. The van der Waals surface area contributed by atoms with Gasteiger partial charge in [-0.05, 0) is 42.0 Å². The van der Waals surface area contributed by atoms with Crippen molar-refractivity contribution in [2.45, 2.75) is 0 Å². The summed E-state index contributed by atoms with van der Waals surface area (Å²) in [5.41, 5.74) is 3.22. The third-order valence-electron chi connectivity index (χ3n) is 3.25. The van der Waals surface area contributed by atoms with Crippen LogP contribution in [0.25, 0.3) is 0 Å². The van der Waals surface area contributed by atoms with Crippen molar-refractivity contribution >= 4 is 12.1 Å². The van der Waals surface area contributed by atoms with E-state index in [4.69, 9.17) is 18.9 Å². The Morgan fingerprint density at radius 3 is 2.20 bits per heavy atom. The molecule has 0 atom stereocenters. The van der Waals surface area contributed by atoms with Crippen LogP contribution in [0.1, 0.15) is 5.56 Å². The van der Waals surface area contributed by atoms with Gasteiger partial charge in [0.15, 0.2) is 18.1 Å². The number of ether oxygens (including phenoxy) is 4. The van der Waals surface area contributed by atoms with Gasteiger partial charge < -0.3 is 18.9 Å². The van der Waals surface area contributed by atoms with E-state index in [0.29, 0.717) is 17.2 Å². The second-order valence-corrected chi connectivity index (χ2v) is 4.85. The minimum atomic E-state index is -0.405. The van der Waals surface area contributed by atoms with Gasteiger partial charge >= 0.3 is 0 Å². The monoisotopic (exact) mass is 344 g/mol. The number of rotatable bonds is 8. The zero-order valence-corrected chi connectivity index (χ0v) is 14.3. The SMILES string of the molecule is COc1ccc(/C=N\NC(=O)COc2c(OC)cccc2OC)cc1. The van der Waals surface area contributed by atoms with E-state index < -0.39 is 5.91 Å². The van der Waals surface area contributed by atoms with Crippen LogP contribution in [0.3, 0.4) is 0 Å². The summed E-state index contributed by atoms with van der Waals surface area (Å²) >= 11 is 0. The van der Waals surface area contributed by atoms with Crippen LogP contribution in [-0.4, -0.2) is 40.1 Å². The van der Waals surface area contributed by atoms with Gasteiger partial charge in [0.2, 0.25) is 5.75 Å². The molecule has 0 saturated heterocycles. The van der Waals surface area contributed by atoms with E-state index >= 15 is 0 Å². The molecular formula is C18H20N2O5. The molecule has 0 aliphatic rings. The highest BCUT2D eigenvalue weighted by molar-refractivity contribution is 5.83. The molecular weight excluding hydrogens is 324 g/mol. The molecule has 2 rings (SSSR count). The minimum absolute atomic E-state index is 0.226. The van der Waals surface area contributed by atoms with Crippen molar-refractivity contribution in [3.05, 3.63) is 48.0 Å². The molecule has 0 spiro atoms. The molecule has 0 saturated carbocycles. The van der Waals surface area contributed by atoms with Crippen LogP contribution in [0.15, 0.2) is 47.6 Å². The Morgan fingerprint density at radius 1 is 1.00 bits per heavy atom. The molecule has 2 aromatic rings. The molecule has 1 amide bonds. The predicted octanol–water partition coefficient (Wildman–Crippen LogP) is 2.24. The number of nitrogens with one attached hydrogen (secondary N) is 1. The first-order valence-electron chi connectivity index (χ1n) is 7.47. The van der Waals surface area contributed by atoms with Crippen LogP contribution < -0.4 is 24.4 Å². The van der Waals surface area contributed by atoms with Crippen molar-refractivity contribution in [2.24, 2.45) is 5.10 Å². The number of benzene rings is 2. The third kappa shape index (κ3) is 5.13. The van der Waals surface area contributed by atoms with Crippen LogP contribution in [-0.2, 0) is 4.79 Å². The zero-order chi connectivity index (χ0) is 18.1. The quantitative estimate of drug-likeness (QED) is 0.587. The van der Waals surface area contributed by atoms with E-state index in [1.807, 2.05) is 12.1 Å². The Labute approximate surface area is 146 Å². The van der Waals surface area contributed by atoms with E-state index in [0.717, 1.165) is 11.3 Å². The molecule has 25 heavy (non-hydrogen) atoms. The molecule has 0 aliphatic heterocycles. The largest absolute Gasteiger partial charge is 0.497 e. The van der Waals surface area contributed by atoms with Gasteiger partial charge in [0, 0.05) is 0 Å². The highest BCUT2D eigenvalue weighted by atomic mass is 16.5. The maximum atomic E-state index is 11.9. The molecule has 1 N–H and O–H groups in total. The third-order valence-corrected chi connectivity index (χ3v) is 3.25. The van der Waals surface area contributed by atoms with Gasteiger partial charge in [-0.1, -0.05) is 6.07 Å². The lowest BCUT2D eigenvalue weighted by Gasteiger charge is -2.13. The minimum Gasteiger partial charge on any atom is -0.497 e. The molecule has 0 heterocycles. The van der Waals surface area contributed by atoms with Gasteiger partial charge in [-0.3, -0.25) is 4.79 Å². The lowest BCUT2D eigenvalue weighted by molar-refractivity contribution is -0.123. The second-order valence-electron chi connectivity index (χ2n) is 4.85. The number of nitrogens with zero attached hydrogens (tertiary/aromatic N) is 1. The summed E-state index contributed by atoms with van der Waals surface area (Å²) in [6.45, 7) is -0.226. The van der Waals surface area contributed by atoms with Crippen LogP contribution in [0.5, 0.6) is 23.0 Å². The smallest absolute Gasteiger partial charge is 0.277 e. The van der Waals surface area contributed by atoms with Crippen LogP contribution in [0, 0.1) is 0 Å². The molecule has 7 heteroatoms. The topological polar surface area (TPSA) is 78.4 Å². The lowest BCUT2D eigenvalue weighted by Crippen LogP contribution is -2.24. The average Bonchev–Trinajstić information content (AvgIpc) is 2.66. The van der Waals surface area contributed by atoms with Crippen molar-refractivity contribution in [3.8, 4) is 23.0 Å². The summed E-state index contributed by atoms with van der Waals surface area (Å²) in [5.74, 6) is 1.67. The number of para-hydroxylation sites is 1. The number of carbonyl (C=O) groups is 1.